The van der Waals surface area contributed by atoms with Gasteiger partial charge in [0, 0.05) is 24.5 Å². The summed E-state index contributed by atoms with van der Waals surface area (Å²) in [5, 5.41) is 6.05. The molecular weight excluding hydrogens is 266 g/mol. The van der Waals surface area contributed by atoms with E-state index in [1.54, 1.807) is 18.5 Å². The third kappa shape index (κ3) is 3.69. The van der Waals surface area contributed by atoms with E-state index in [2.05, 4.69) is 25.6 Å². The fourth-order valence-electron chi connectivity index (χ4n) is 1.56. The van der Waals surface area contributed by atoms with Gasteiger partial charge in [-0.2, -0.15) is 0 Å². The zero-order chi connectivity index (χ0) is 13.7. The number of aromatic nitrogens is 3. The zero-order valence-electron chi connectivity index (χ0n) is 10.4. The van der Waals surface area contributed by atoms with Gasteiger partial charge in [0.15, 0.2) is 0 Å². The molecule has 2 heterocycles. The molecule has 0 fully saturated rings. The van der Waals surface area contributed by atoms with E-state index in [9.17, 15) is 4.79 Å². The largest absolute Gasteiger partial charge is 0.370 e. The number of pyridine rings is 1. The van der Waals surface area contributed by atoms with Crippen LogP contribution < -0.4 is 10.6 Å². The molecule has 2 aromatic heterocycles. The quantitative estimate of drug-likeness (QED) is 0.729. The van der Waals surface area contributed by atoms with Gasteiger partial charge in [-0.25, -0.2) is 9.97 Å². The second-order valence-electron chi connectivity index (χ2n) is 3.81. The smallest absolute Gasteiger partial charge is 0.251 e. The van der Waals surface area contributed by atoms with Crippen LogP contribution in [0.5, 0.6) is 0 Å². The summed E-state index contributed by atoms with van der Waals surface area (Å²) < 4.78 is 0. The zero-order valence-corrected chi connectivity index (χ0v) is 11.2. The van der Waals surface area contributed by atoms with Crippen LogP contribution in [0, 0.1) is 0 Å². The highest BCUT2D eigenvalue weighted by molar-refractivity contribution is 6.29. The molecule has 7 heteroatoms. The summed E-state index contributed by atoms with van der Waals surface area (Å²) in [5.41, 5.74) is 0.461. The molecule has 0 saturated heterocycles. The molecule has 3 N–H and O–H groups in total. The van der Waals surface area contributed by atoms with Crippen LogP contribution in [0.4, 0.5) is 5.82 Å². The molecule has 0 aromatic carbocycles. The predicted molar refractivity (Wildman–Crippen MR) is 73.2 cm³/mol. The van der Waals surface area contributed by atoms with Gasteiger partial charge in [-0.15, -0.1) is 0 Å². The van der Waals surface area contributed by atoms with Crippen molar-refractivity contribution in [3.05, 3.63) is 41.1 Å². The number of amides is 1. The van der Waals surface area contributed by atoms with E-state index in [4.69, 9.17) is 11.6 Å². The van der Waals surface area contributed by atoms with Gasteiger partial charge in [-0.1, -0.05) is 11.6 Å². The highest BCUT2D eigenvalue weighted by atomic mass is 35.5. The van der Waals surface area contributed by atoms with Crippen LogP contribution in [0.15, 0.2) is 24.5 Å². The molecule has 0 unspecified atom stereocenters. The number of hydrogen-bond acceptors (Lipinski definition) is 4. The minimum atomic E-state index is -0.222. The summed E-state index contributed by atoms with van der Waals surface area (Å²) in [5.74, 6) is 1.05. The Morgan fingerprint density at radius 2 is 2.32 bits per heavy atom. The highest BCUT2D eigenvalue weighted by Gasteiger charge is 2.09. The molecule has 2 rings (SSSR count). The van der Waals surface area contributed by atoms with Gasteiger partial charge in [0.25, 0.3) is 5.91 Å². The Bertz CT molecular complexity index is 555. The Morgan fingerprint density at radius 3 is 3.00 bits per heavy atom. The Labute approximate surface area is 115 Å². The third-order valence-electron chi connectivity index (χ3n) is 2.39. The van der Waals surface area contributed by atoms with Crippen LogP contribution in [0.2, 0.25) is 5.15 Å². The van der Waals surface area contributed by atoms with Gasteiger partial charge in [-0.3, -0.25) is 4.79 Å². The maximum Gasteiger partial charge on any atom is 0.251 e. The predicted octanol–water partition coefficient (Wildman–Crippen LogP) is 1.82. The minimum Gasteiger partial charge on any atom is -0.370 e. The Kier molecular flexibility index (Phi) is 4.35. The van der Waals surface area contributed by atoms with Crippen LogP contribution in [0.1, 0.15) is 23.1 Å². The number of nitrogens with zero attached hydrogens (tertiary/aromatic N) is 2. The van der Waals surface area contributed by atoms with Crippen molar-refractivity contribution in [2.45, 2.75) is 13.5 Å². The lowest BCUT2D eigenvalue weighted by Crippen LogP contribution is -2.23. The van der Waals surface area contributed by atoms with E-state index in [0.717, 1.165) is 0 Å². The summed E-state index contributed by atoms with van der Waals surface area (Å²) in [6.45, 7) is 2.99. The fourth-order valence-corrected chi connectivity index (χ4v) is 1.77. The van der Waals surface area contributed by atoms with Gasteiger partial charge in [0.05, 0.1) is 6.54 Å². The molecule has 0 radical (unpaired) electrons. The van der Waals surface area contributed by atoms with Crippen LogP contribution in [-0.2, 0) is 6.54 Å². The van der Waals surface area contributed by atoms with Gasteiger partial charge in [0.2, 0.25) is 0 Å². The van der Waals surface area contributed by atoms with Crippen LogP contribution in [-0.4, -0.2) is 27.4 Å². The second kappa shape index (κ2) is 6.19. The molecule has 0 atom stereocenters. The van der Waals surface area contributed by atoms with Gasteiger partial charge in [-0.05, 0) is 19.1 Å². The average molecular weight is 280 g/mol. The molecule has 2 aromatic rings. The number of imidazole rings is 1. The van der Waals surface area contributed by atoms with Crippen molar-refractivity contribution in [1.29, 1.82) is 0 Å². The molecule has 0 aliphatic carbocycles. The maximum atomic E-state index is 12.0. The molecule has 0 aliphatic heterocycles. The molecule has 0 bridgehead atoms. The summed E-state index contributed by atoms with van der Waals surface area (Å²) >= 11 is 5.88. The second-order valence-corrected chi connectivity index (χ2v) is 4.20. The number of nitrogens with one attached hydrogen (secondary N) is 3. The molecule has 0 saturated carbocycles. The summed E-state index contributed by atoms with van der Waals surface area (Å²) in [7, 11) is 0. The van der Waals surface area contributed by atoms with Crippen molar-refractivity contribution in [1.82, 2.24) is 20.3 Å². The lowest BCUT2D eigenvalue weighted by molar-refractivity contribution is 0.0950. The first-order chi connectivity index (χ1) is 9.19. The molecule has 100 valence electrons. The van der Waals surface area contributed by atoms with Crippen LogP contribution in [0.3, 0.4) is 0 Å². The molecule has 0 aliphatic rings. The first-order valence-electron chi connectivity index (χ1n) is 5.87. The highest BCUT2D eigenvalue weighted by Crippen LogP contribution is 2.14. The van der Waals surface area contributed by atoms with E-state index in [1.807, 2.05) is 6.92 Å². The van der Waals surface area contributed by atoms with Crippen molar-refractivity contribution in [2.24, 2.45) is 0 Å². The Hall–Kier alpha value is -2.08. The van der Waals surface area contributed by atoms with Crippen molar-refractivity contribution in [3.63, 3.8) is 0 Å². The number of H-pyrrole nitrogens is 1. The van der Waals surface area contributed by atoms with E-state index in [-0.39, 0.29) is 11.1 Å². The standard InChI is InChI=1S/C12H14ClN5O/c1-2-14-10-6-8(5-9(13)18-10)12(19)17-7-11-15-3-4-16-11/h3-6H,2,7H2,1H3,(H,14,18)(H,15,16)(H,17,19). The van der Waals surface area contributed by atoms with E-state index in [0.29, 0.717) is 30.3 Å². The number of carbonyl (C=O) groups excluding carboxylic acids is 1. The van der Waals surface area contributed by atoms with E-state index >= 15 is 0 Å². The van der Waals surface area contributed by atoms with Gasteiger partial charge < -0.3 is 15.6 Å². The third-order valence-corrected chi connectivity index (χ3v) is 2.58. The normalized spacial score (nSPS) is 10.2. The topological polar surface area (TPSA) is 82.7 Å². The van der Waals surface area contributed by atoms with Gasteiger partial charge in [0.1, 0.15) is 16.8 Å². The van der Waals surface area contributed by atoms with Crippen molar-refractivity contribution >= 4 is 23.3 Å². The lowest BCUT2D eigenvalue weighted by atomic mass is 10.2. The van der Waals surface area contributed by atoms with Crippen molar-refractivity contribution in [3.8, 4) is 0 Å². The number of halogens is 1. The number of aromatic amines is 1. The fraction of sp³-hybridized carbons (Fsp3) is 0.250. The van der Waals surface area contributed by atoms with E-state index < -0.39 is 0 Å². The number of hydrogen-bond donors (Lipinski definition) is 3. The van der Waals surface area contributed by atoms with Crippen LogP contribution >= 0.6 is 11.6 Å². The number of anilines is 1. The number of carbonyl (C=O) groups is 1. The summed E-state index contributed by atoms with van der Waals surface area (Å²) in [4.78, 5) is 23.0. The lowest BCUT2D eigenvalue weighted by Gasteiger charge is -2.07. The van der Waals surface area contributed by atoms with Crippen molar-refractivity contribution in [2.75, 3.05) is 11.9 Å². The summed E-state index contributed by atoms with van der Waals surface area (Å²) in [6, 6.07) is 3.19. The average Bonchev–Trinajstić information content (AvgIpc) is 2.88. The first-order valence-corrected chi connectivity index (χ1v) is 6.24. The summed E-state index contributed by atoms with van der Waals surface area (Å²) in [6.07, 6.45) is 3.34. The minimum absolute atomic E-state index is 0.222. The SMILES string of the molecule is CCNc1cc(C(=O)NCc2ncc[nH]2)cc(Cl)n1. The Morgan fingerprint density at radius 1 is 1.47 bits per heavy atom. The molecule has 1 amide bonds. The monoisotopic (exact) mass is 279 g/mol. The van der Waals surface area contributed by atoms with E-state index in [1.165, 1.54) is 6.07 Å². The Balaban J connectivity index is 2.05. The molecule has 0 spiro atoms. The molecule has 19 heavy (non-hydrogen) atoms. The van der Waals surface area contributed by atoms with Crippen molar-refractivity contribution < 1.29 is 4.79 Å². The first kappa shape index (κ1) is 13.4. The maximum absolute atomic E-state index is 12.0. The molecular formula is C12H14ClN5O. The van der Waals surface area contributed by atoms with Gasteiger partial charge >= 0.3 is 0 Å². The molecule has 6 nitrogen and oxygen atoms in total. The van der Waals surface area contributed by atoms with Crippen LogP contribution in [0.25, 0.3) is 0 Å². The number of rotatable bonds is 5.